The fourth-order valence-electron chi connectivity index (χ4n) is 2.22. The van der Waals surface area contributed by atoms with Crippen LogP contribution in [-0.4, -0.2) is 38.0 Å². The molecule has 1 aliphatic rings. The second-order valence-electron chi connectivity index (χ2n) is 4.47. The Labute approximate surface area is 94.2 Å². The molecule has 1 saturated heterocycles. The van der Waals surface area contributed by atoms with Gasteiger partial charge in [-0.05, 0) is 38.3 Å². The number of piperidine rings is 1. The van der Waals surface area contributed by atoms with E-state index < -0.39 is 0 Å². The van der Waals surface area contributed by atoms with Gasteiger partial charge in [0.05, 0.1) is 0 Å². The zero-order valence-electron chi connectivity index (χ0n) is 10.7. The molecular weight excluding hydrogens is 188 g/mol. The summed E-state index contributed by atoms with van der Waals surface area (Å²) in [6.45, 7) is 9.51. The van der Waals surface area contributed by atoms with Crippen molar-refractivity contribution in [3.8, 4) is 0 Å². The number of nitrogens with zero attached hydrogens (tertiary/aromatic N) is 1. The molecule has 1 atom stereocenters. The first-order valence-electron chi connectivity index (χ1n) is 6.02. The van der Waals surface area contributed by atoms with Gasteiger partial charge in [-0.15, -0.1) is 0 Å². The molecular formula is C12H26N2O. The van der Waals surface area contributed by atoms with Crippen molar-refractivity contribution >= 4 is 6.41 Å². The van der Waals surface area contributed by atoms with E-state index in [1.54, 1.807) is 0 Å². The minimum atomic E-state index is 0.406. The maximum Gasteiger partial charge on any atom is 0.207 e. The summed E-state index contributed by atoms with van der Waals surface area (Å²) in [7, 11) is 2.17. The van der Waals surface area contributed by atoms with Crippen molar-refractivity contribution in [2.45, 2.75) is 40.0 Å². The molecule has 0 aliphatic carbocycles. The Kier molecular flexibility index (Phi) is 7.39. The molecule has 1 rings (SSSR count). The minimum Gasteiger partial charge on any atom is -0.359 e. The monoisotopic (exact) mass is 214 g/mol. The van der Waals surface area contributed by atoms with E-state index in [2.05, 4.69) is 24.2 Å². The van der Waals surface area contributed by atoms with Crippen LogP contribution in [0, 0.1) is 5.41 Å². The van der Waals surface area contributed by atoms with Gasteiger partial charge in [0.25, 0.3) is 0 Å². The number of rotatable bonds is 4. The zero-order valence-corrected chi connectivity index (χ0v) is 10.7. The van der Waals surface area contributed by atoms with Crippen LogP contribution in [0.2, 0.25) is 0 Å². The van der Waals surface area contributed by atoms with Crippen molar-refractivity contribution in [3.05, 3.63) is 0 Å². The van der Waals surface area contributed by atoms with Crippen LogP contribution in [-0.2, 0) is 4.79 Å². The van der Waals surface area contributed by atoms with E-state index in [0.29, 0.717) is 5.41 Å². The average Bonchev–Trinajstić information content (AvgIpc) is 2.20. The van der Waals surface area contributed by atoms with Crippen LogP contribution in [0.15, 0.2) is 0 Å². The topological polar surface area (TPSA) is 32.3 Å². The lowest BCUT2D eigenvalue weighted by atomic mass is 9.79. The molecule has 0 aromatic rings. The van der Waals surface area contributed by atoms with Crippen LogP contribution in [0.3, 0.4) is 0 Å². The Balaban J connectivity index is 0.000000921. The zero-order chi connectivity index (χ0) is 11.7. The maximum atomic E-state index is 10.1. The first-order valence-corrected chi connectivity index (χ1v) is 6.02. The Morgan fingerprint density at radius 1 is 1.47 bits per heavy atom. The van der Waals surface area contributed by atoms with Gasteiger partial charge in [0.15, 0.2) is 0 Å². The lowest BCUT2D eigenvalue weighted by molar-refractivity contribution is -0.109. The largest absolute Gasteiger partial charge is 0.359 e. The number of carbonyl (C=O) groups is 1. The molecule has 1 fully saturated rings. The SMILES string of the molecule is CC.CN1CCCC(C)(CCNC=O)C1. The number of hydrogen-bond acceptors (Lipinski definition) is 2. The number of nitrogens with one attached hydrogen (secondary N) is 1. The van der Waals surface area contributed by atoms with Gasteiger partial charge in [-0.1, -0.05) is 20.8 Å². The van der Waals surface area contributed by atoms with Crippen molar-refractivity contribution in [1.29, 1.82) is 0 Å². The highest BCUT2D eigenvalue weighted by Gasteiger charge is 2.28. The molecule has 0 bridgehead atoms. The lowest BCUT2D eigenvalue weighted by Crippen LogP contribution is -2.40. The van der Waals surface area contributed by atoms with Crippen molar-refractivity contribution < 1.29 is 4.79 Å². The summed E-state index contributed by atoms with van der Waals surface area (Å²) in [4.78, 5) is 12.5. The molecule has 1 heterocycles. The third kappa shape index (κ3) is 5.78. The van der Waals surface area contributed by atoms with E-state index in [9.17, 15) is 4.79 Å². The highest BCUT2D eigenvalue weighted by Crippen LogP contribution is 2.31. The third-order valence-electron chi connectivity index (χ3n) is 2.93. The number of amides is 1. The maximum absolute atomic E-state index is 10.1. The van der Waals surface area contributed by atoms with Crippen molar-refractivity contribution in [2.24, 2.45) is 5.41 Å². The molecule has 15 heavy (non-hydrogen) atoms. The van der Waals surface area contributed by atoms with Gasteiger partial charge in [0.1, 0.15) is 0 Å². The molecule has 1 amide bonds. The predicted octanol–water partition coefficient (Wildman–Crippen LogP) is 1.88. The lowest BCUT2D eigenvalue weighted by Gasteiger charge is -2.38. The van der Waals surface area contributed by atoms with Gasteiger partial charge in [0.2, 0.25) is 6.41 Å². The quantitative estimate of drug-likeness (QED) is 0.572. The van der Waals surface area contributed by atoms with Gasteiger partial charge in [-0.3, -0.25) is 4.79 Å². The van der Waals surface area contributed by atoms with E-state index >= 15 is 0 Å². The molecule has 90 valence electrons. The average molecular weight is 214 g/mol. The van der Waals surface area contributed by atoms with Crippen molar-refractivity contribution in [2.75, 3.05) is 26.7 Å². The van der Waals surface area contributed by atoms with Crippen LogP contribution in [0.1, 0.15) is 40.0 Å². The Bertz CT molecular complexity index is 173. The van der Waals surface area contributed by atoms with Gasteiger partial charge >= 0.3 is 0 Å². The summed E-state index contributed by atoms with van der Waals surface area (Å²) in [5.74, 6) is 0. The predicted molar refractivity (Wildman–Crippen MR) is 64.9 cm³/mol. The van der Waals surface area contributed by atoms with E-state index in [1.807, 2.05) is 13.8 Å². The van der Waals surface area contributed by atoms with Gasteiger partial charge in [0, 0.05) is 13.1 Å². The summed E-state index contributed by atoms with van der Waals surface area (Å²) in [5, 5.41) is 2.74. The van der Waals surface area contributed by atoms with Gasteiger partial charge in [-0.25, -0.2) is 0 Å². The standard InChI is InChI=1S/C10H20N2O.C2H6/c1-10(5-6-11-9-13)4-3-7-12(2)8-10;1-2/h9H,3-8H2,1-2H3,(H,11,13);1-2H3. The summed E-state index contributed by atoms with van der Waals surface area (Å²) < 4.78 is 0. The Hall–Kier alpha value is -0.570. The third-order valence-corrected chi connectivity index (χ3v) is 2.93. The Morgan fingerprint density at radius 3 is 2.67 bits per heavy atom. The van der Waals surface area contributed by atoms with Crippen LogP contribution >= 0.6 is 0 Å². The van der Waals surface area contributed by atoms with Crippen LogP contribution < -0.4 is 5.32 Å². The molecule has 3 heteroatoms. The molecule has 0 aromatic heterocycles. The van der Waals surface area contributed by atoms with E-state index in [-0.39, 0.29) is 0 Å². The van der Waals surface area contributed by atoms with E-state index in [1.165, 1.54) is 19.4 Å². The van der Waals surface area contributed by atoms with Crippen LogP contribution in [0.25, 0.3) is 0 Å². The summed E-state index contributed by atoms with van der Waals surface area (Å²) in [5.41, 5.74) is 0.406. The van der Waals surface area contributed by atoms with Gasteiger partial charge < -0.3 is 10.2 Å². The number of carbonyl (C=O) groups excluding carboxylic acids is 1. The van der Waals surface area contributed by atoms with E-state index in [4.69, 9.17) is 0 Å². The van der Waals surface area contributed by atoms with Crippen molar-refractivity contribution in [3.63, 3.8) is 0 Å². The first-order chi connectivity index (χ1) is 7.16. The molecule has 1 N–H and O–H groups in total. The first kappa shape index (κ1) is 14.4. The van der Waals surface area contributed by atoms with Crippen LogP contribution in [0.4, 0.5) is 0 Å². The molecule has 3 nitrogen and oxygen atoms in total. The fraction of sp³-hybridized carbons (Fsp3) is 0.917. The molecule has 1 unspecified atom stereocenters. The van der Waals surface area contributed by atoms with Crippen LogP contribution in [0.5, 0.6) is 0 Å². The van der Waals surface area contributed by atoms with E-state index in [0.717, 1.165) is 25.9 Å². The normalized spacial score (nSPS) is 26.4. The highest BCUT2D eigenvalue weighted by molar-refractivity contribution is 5.45. The second-order valence-corrected chi connectivity index (χ2v) is 4.47. The number of likely N-dealkylation sites (tertiary alicyclic amines) is 1. The molecule has 0 aromatic carbocycles. The Morgan fingerprint density at radius 2 is 2.13 bits per heavy atom. The molecule has 0 radical (unpaired) electrons. The fourth-order valence-corrected chi connectivity index (χ4v) is 2.22. The molecule has 1 aliphatic heterocycles. The highest BCUT2D eigenvalue weighted by atomic mass is 16.1. The minimum absolute atomic E-state index is 0.406. The van der Waals surface area contributed by atoms with Gasteiger partial charge in [-0.2, -0.15) is 0 Å². The number of hydrogen-bond donors (Lipinski definition) is 1. The second kappa shape index (κ2) is 7.69. The molecule has 0 spiro atoms. The smallest absolute Gasteiger partial charge is 0.207 e. The summed E-state index contributed by atoms with van der Waals surface area (Å²) in [6.07, 6.45) is 4.46. The van der Waals surface area contributed by atoms with Crippen molar-refractivity contribution in [1.82, 2.24) is 10.2 Å². The summed E-state index contributed by atoms with van der Waals surface area (Å²) in [6, 6.07) is 0. The molecule has 0 saturated carbocycles. The summed E-state index contributed by atoms with van der Waals surface area (Å²) >= 11 is 0.